The fourth-order valence-electron chi connectivity index (χ4n) is 1.70. The molecule has 0 spiro atoms. The third-order valence-electron chi connectivity index (χ3n) is 2.62. The molecular weight excluding hydrogens is 154 g/mol. The molecule has 72 valence electrons. The highest BCUT2D eigenvalue weighted by molar-refractivity contribution is 4.72. The van der Waals surface area contributed by atoms with Crippen LogP contribution in [0.15, 0.2) is 0 Å². The molecule has 3 nitrogen and oxygen atoms in total. The van der Waals surface area contributed by atoms with E-state index in [2.05, 4.69) is 4.90 Å². The van der Waals surface area contributed by atoms with Gasteiger partial charge in [0.2, 0.25) is 0 Å². The van der Waals surface area contributed by atoms with E-state index in [0.717, 1.165) is 13.1 Å². The van der Waals surface area contributed by atoms with E-state index in [1.807, 2.05) is 6.92 Å². The zero-order valence-electron chi connectivity index (χ0n) is 7.99. The third-order valence-corrected chi connectivity index (χ3v) is 2.62. The van der Waals surface area contributed by atoms with Gasteiger partial charge in [0, 0.05) is 7.11 Å². The van der Waals surface area contributed by atoms with E-state index in [0.29, 0.717) is 0 Å². The van der Waals surface area contributed by atoms with Crippen molar-refractivity contribution < 1.29 is 9.84 Å². The van der Waals surface area contributed by atoms with E-state index in [9.17, 15) is 5.11 Å². The molecule has 1 N–H and O–H groups in total. The van der Waals surface area contributed by atoms with Crippen LogP contribution < -0.4 is 0 Å². The third kappa shape index (κ3) is 2.44. The summed E-state index contributed by atoms with van der Waals surface area (Å²) in [6, 6.07) is 0.135. The molecule has 3 heteroatoms. The lowest BCUT2D eigenvalue weighted by atomic mass is 10.1. The van der Waals surface area contributed by atoms with Crippen LogP contribution in [-0.4, -0.2) is 42.5 Å². The Hall–Kier alpha value is -0.120. The van der Waals surface area contributed by atoms with Gasteiger partial charge in [0.1, 0.15) is 0 Å². The van der Waals surface area contributed by atoms with Gasteiger partial charge in [0.05, 0.1) is 6.04 Å². The summed E-state index contributed by atoms with van der Waals surface area (Å²) in [6.45, 7) is 4.21. The molecule has 0 bridgehead atoms. The smallest absolute Gasteiger partial charge is 0.169 e. The predicted octanol–water partition coefficient (Wildman–Crippen LogP) is 0.826. The van der Waals surface area contributed by atoms with Crippen molar-refractivity contribution in [1.29, 1.82) is 0 Å². The fourth-order valence-corrected chi connectivity index (χ4v) is 1.70. The number of rotatable bonds is 3. The minimum absolute atomic E-state index is 0.135. The number of methoxy groups -OCH3 is 1. The van der Waals surface area contributed by atoms with Crippen LogP contribution in [0.25, 0.3) is 0 Å². The molecule has 2 atom stereocenters. The standard InChI is InChI=1S/C9H19NO2/c1-8(9(11)12-2)10-6-4-3-5-7-10/h8-9,11H,3-7H2,1-2H3. The average molecular weight is 173 g/mol. The van der Waals surface area contributed by atoms with E-state index in [-0.39, 0.29) is 6.04 Å². The van der Waals surface area contributed by atoms with Gasteiger partial charge in [-0.15, -0.1) is 0 Å². The van der Waals surface area contributed by atoms with Crippen LogP contribution in [0.4, 0.5) is 0 Å². The largest absolute Gasteiger partial charge is 0.367 e. The highest BCUT2D eigenvalue weighted by atomic mass is 16.6. The maximum absolute atomic E-state index is 9.41. The number of aliphatic hydroxyl groups excluding tert-OH is 1. The average Bonchev–Trinajstić information content (AvgIpc) is 2.17. The molecule has 0 amide bonds. The first-order valence-corrected chi connectivity index (χ1v) is 4.70. The molecule has 0 saturated carbocycles. The van der Waals surface area contributed by atoms with E-state index >= 15 is 0 Å². The monoisotopic (exact) mass is 173 g/mol. The summed E-state index contributed by atoms with van der Waals surface area (Å²) in [4.78, 5) is 2.29. The highest BCUT2D eigenvalue weighted by Crippen LogP contribution is 2.14. The topological polar surface area (TPSA) is 32.7 Å². The molecule has 1 rings (SSSR count). The van der Waals surface area contributed by atoms with Crippen molar-refractivity contribution in [2.24, 2.45) is 0 Å². The van der Waals surface area contributed by atoms with Crippen molar-refractivity contribution >= 4 is 0 Å². The molecule has 0 aromatic carbocycles. The quantitative estimate of drug-likeness (QED) is 0.641. The van der Waals surface area contributed by atoms with Crippen LogP contribution in [0.5, 0.6) is 0 Å². The zero-order chi connectivity index (χ0) is 8.97. The van der Waals surface area contributed by atoms with Gasteiger partial charge in [-0.25, -0.2) is 0 Å². The number of ether oxygens (including phenoxy) is 1. The van der Waals surface area contributed by atoms with Gasteiger partial charge in [-0.2, -0.15) is 0 Å². The molecule has 0 radical (unpaired) electrons. The van der Waals surface area contributed by atoms with Crippen LogP contribution in [-0.2, 0) is 4.74 Å². The number of nitrogens with zero attached hydrogens (tertiary/aromatic N) is 1. The molecule has 1 aliphatic heterocycles. The Kier molecular flexibility index (Phi) is 3.98. The number of hydrogen-bond acceptors (Lipinski definition) is 3. The van der Waals surface area contributed by atoms with Crippen molar-refractivity contribution in [3.05, 3.63) is 0 Å². The molecule has 0 aromatic heterocycles. The first-order chi connectivity index (χ1) is 5.75. The maximum atomic E-state index is 9.41. The van der Waals surface area contributed by atoms with Gasteiger partial charge in [-0.05, 0) is 32.9 Å². The second-order valence-electron chi connectivity index (χ2n) is 3.46. The van der Waals surface area contributed by atoms with Gasteiger partial charge in [0.25, 0.3) is 0 Å². The van der Waals surface area contributed by atoms with Crippen LogP contribution in [0.3, 0.4) is 0 Å². The predicted molar refractivity (Wildman–Crippen MR) is 47.9 cm³/mol. The Morgan fingerprint density at radius 1 is 1.25 bits per heavy atom. The minimum atomic E-state index is -0.636. The summed E-state index contributed by atoms with van der Waals surface area (Å²) < 4.78 is 4.88. The normalized spacial score (nSPS) is 25.2. The Labute approximate surface area is 74.3 Å². The molecule has 12 heavy (non-hydrogen) atoms. The van der Waals surface area contributed by atoms with Crippen molar-refractivity contribution in [3.63, 3.8) is 0 Å². The van der Waals surface area contributed by atoms with E-state index in [1.165, 1.54) is 19.3 Å². The van der Waals surface area contributed by atoms with Crippen LogP contribution in [0.1, 0.15) is 26.2 Å². The molecule has 0 aliphatic carbocycles. The number of aliphatic hydroxyl groups is 1. The van der Waals surface area contributed by atoms with Crippen LogP contribution in [0.2, 0.25) is 0 Å². The fraction of sp³-hybridized carbons (Fsp3) is 1.00. The molecule has 0 aromatic rings. The van der Waals surface area contributed by atoms with Gasteiger partial charge in [0.15, 0.2) is 6.29 Å². The van der Waals surface area contributed by atoms with Crippen molar-refractivity contribution in [3.8, 4) is 0 Å². The Morgan fingerprint density at radius 3 is 2.33 bits per heavy atom. The Morgan fingerprint density at radius 2 is 1.83 bits per heavy atom. The summed E-state index contributed by atoms with van der Waals surface area (Å²) in [5.74, 6) is 0. The van der Waals surface area contributed by atoms with E-state index in [1.54, 1.807) is 7.11 Å². The first-order valence-electron chi connectivity index (χ1n) is 4.70. The summed E-state index contributed by atoms with van der Waals surface area (Å²) in [7, 11) is 1.55. The molecule has 1 aliphatic rings. The molecule has 1 saturated heterocycles. The van der Waals surface area contributed by atoms with Crippen LogP contribution >= 0.6 is 0 Å². The van der Waals surface area contributed by atoms with Crippen LogP contribution in [0, 0.1) is 0 Å². The molecule has 1 fully saturated rings. The number of likely N-dealkylation sites (tertiary alicyclic amines) is 1. The summed E-state index contributed by atoms with van der Waals surface area (Å²) >= 11 is 0. The molecule has 2 unspecified atom stereocenters. The Balaban J connectivity index is 2.33. The number of piperidine rings is 1. The van der Waals surface area contributed by atoms with Crippen molar-refractivity contribution in [1.82, 2.24) is 4.90 Å². The van der Waals surface area contributed by atoms with Crippen molar-refractivity contribution in [2.45, 2.75) is 38.5 Å². The zero-order valence-corrected chi connectivity index (χ0v) is 7.99. The molecule has 1 heterocycles. The van der Waals surface area contributed by atoms with Gasteiger partial charge in [-0.1, -0.05) is 6.42 Å². The van der Waals surface area contributed by atoms with Crippen molar-refractivity contribution in [2.75, 3.05) is 20.2 Å². The first kappa shape index (κ1) is 9.96. The van der Waals surface area contributed by atoms with Gasteiger partial charge >= 0.3 is 0 Å². The highest BCUT2D eigenvalue weighted by Gasteiger charge is 2.22. The van der Waals surface area contributed by atoms with Gasteiger partial charge < -0.3 is 9.84 Å². The lowest BCUT2D eigenvalue weighted by molar-refractivity contribution is -0.122. The van der Waals surface area contributed by atoms with E-state index < -0.39 is 6.29 Å². The number of hydrogen-bond donors (Lipinski definition) is 1. The summed E-state index contributed by atoms with van der Waals surface area (Å²) in [5.41, 5.74) is 0. The maximum Gasteiger partial charge on any atom is 0.169 e. The lowest BCUT2D eigenvalue weighted by Crippen LogP contribution is -2.44. The molecular formula is C9H19NO2. The SMILES string of the molecule is COC(O)C(C)N1CCCCC1. The lowest BCUT2D eigenvalue weighted by Gasteiger charge is -2.34. The second kappa shape index (κ2) is 4.80. The summed E-state index contributed by atoms with van der Waals surface area (Å²) in [6.07, 6.45) is 3.19. The second-order valence-corrected chi connectivity index (χ2v) is 3.46. The Bertz CT molecular complexity index is 124. The van der Waals surface area contributed by atoms with Gasteiger partial charge in [-0.3, -0.25) is 4.90 Å². The van der Waals surface area contributed by atoms with E-state index in [4.69, 9.17) is 4.74 Å². The minimum Gasteiger partial charge on any atom is -0.367 e. The summed E-state index contributed by atoms with van der Waals surface area (Å²) in [5, 5.41) is 9.41.